The first-order chi connectivity index (χ1) is 15.0. The number of carbonyl (C=O) groups is 2. The molecule has 4 aromatic carbocycles. The summed E-state index contributed by atoms with van der Waals surface area (Å²) in [6, 6.07) is 27.7. The molecule has 0 saturated heterocycles. The topological polar surface area (TPSA) is 81.4 Å². The monoisotopic (exact) mass is 410 g/mol. The van der Waals surface area contributed by atoms with Crippen LogP contribution in [0.3, 0.4) is 0 Å². The van der Waals surface area contributed by atoms with E-state index in [0.717, 1.165) is 10.9 Å². The molecule has 0 fully saturated rings. The van der Waals surface area contributed by atoms with Gasteiger partial charge >= 0.3 is 0 Å². The van der Waals surface area contributed by atoms with Gasteiger partial charge in [0.25, 0.3) is 5.91 Å². The highest BCUT2D eigenvalue weighted by Crippen LogP contribution is 2.23. The van der Waals surface area contributed by atoms with Crippen molar-refractivity contribution >= 4 is 22.6 Å². The van der Waals surface area contributed by atoms with Crippen LogP contribution in [-0.4, -0.2) is 11.8 Å². The lowest BCUT2D eigenvalue weighted by Crippen LogP contribution is -2.26. The third kappa shape index (κ3) is 4.73. The maximum atomic E-state index is 12.7. The van der Waals surface area contributed by atoms with Gasteiger partial charge < -0.3 is 15.8 Å². The minimum atomic E-state index is -0.486. The molecular weight excluding hydrogens is 388 g/mol. The van der Waals surface area contributed by atoms with Crippen molar-refractivity contribution in [2.45, 2.75) is 13.0 Å². The number of benzene rings is 4. The van der Waals surface area contributed by atoms with Crippen LogP contribution in [0.2, 0.25) is 0 Å². The molecule has 0 spiro atoms. The molecule has 0 aliphatic carbocycles. The van der Waals surface area contributed by atoms with Crippen LogP contribution in [0.15, 0.2) is 91.0 Å². The van der Waals surface area contributed by atoms with E-state index in [9.17, 15) is 9.59 Å². The molecule has 0 aromatic heterocycles. The zero-order valence-electron chi connectivity index (χ0n) is 17.0. The Bertz CT molecular complexity index is 1230. The second-order valence-electron chi connectivity index (χ2n) is 7.32. The Labute approximate surface area is 180 Å². The van der Waals surface area contributed by atoms with E-state index in [2.05, 4.69) is 29.6 Å². The maximum Gasteiger partial charge on any atom is 0.251 e. The molecule has 4 rings (SSSR count). The fourth-order valence-corrected chi connectivity index (χ4v) is 3.34. The second-order valence-corrected chi connectivity index (χ2v) is 7.32. The lowest BCUT2D eigenvalue weighted by atomic mass is 10.0. The highest BCUT2D eigenvalue weighted by Gasteiger charge is 2.12. The van der Waals surface area contributed by atoms with Gasteiger partial charge in [-0.05, 0) is 77.9 Å². The SMILES string of the molecule is CC(NC(=O)c1ccc(Oc2ccc(C(N)=O)cc2)cc1)c1ccc2ccccc2c1. The van der Waals surface area contributed by atoms with E-state index in [4.69, 9.17) is 10.5 Å². The normalized spacial score (nSPS) is 11.6. The quantitative estimate of drug-likeness (QED) is 0.457. The first kappa shape index (κ1) is 20.2. The van der Waals surface area contributed by atoms with Gasteiger partial charge in [0, 0.05) is 11.1 Å². The van der Waals surface area contributed by atoms with Gasteiger partial charge in [0.2, 0.25) is 5.91 Å². The van der Waals surface area contributed by atoms with Crippen molar-refractivity contribution in [2.75, 3.05) is 0 Å². The molecule has 0 radical (unpaired) electrons. The van der Waals surface area contributed by atoms with E-state index in [-0.39, 0.29) is 11.9 Å². The van der Waals surface area contributed by atoms with E-state index < -0.39 is 5.91 Å². The van der Waals surface area contributed by atoms with Gasteiger partial charge in [-0.15, -0.1) is 0 Å². The lowest BCUT2D eigenvalue weighted by Gasteiger charge is -2.15. The van der Waals surface area contributed by atoms with Crippen molar-refractivity contribution in [1.29, 1.82) is 0 Å². The number of amides is 2. The molecule has 0 heterocycles. The van der Waals surface area contributed by atoms with Crippen molar-refractivity contribution in [3.8, 4) is 11.5 Å². The molecule has 1 atom stereocenters. The van der Waals surface area contributed by atoms with Gasteiger partial charge in [-0.25, -0.2) is 0 Å². The van der Waals surface area contributed by atoms with Crippen LogP contribution in [0.1, 0.15) is 39.2 Å². The molecule has 4 aromatic rings. The van der Waals surface area contributed by atoms with Gasteiger partial charge in [-0.3, -0.25) is 9.59 Å². The van der Waals surface area contributed by atoms with Gasteiger partial charge in [0.15, 0.2) is 0 Å². The number of primary amides is 1. The van der Waals surface area contributed by atoms with Crippen molar-refractivity contribution in [3.63, 3.8) is 0 Å². The summed E-state index contributed by atoms with van der Waals surface area (Å²) in [6.07, 6.45) is 0. The molecule has 31 heavy (non-hydrogen) atoms. The molecule has 0 aliphatic rings. The number of rotatable bonds is 6. The van der Waals surface area contributed by atoms with Gasteiger partial charge in [-0.1, -0.05) is 36.4 Å². The molecule has 3 N–H and O–H groups in total. The number of nitrogens with one attached hydrogen (secondary N) is 1. The van der Waals surface area contributed by atoms with Crippen LogP contribution in [0.5, 0.6) is 11.5 Å². The Balaban J connectivity index is 1.40. The zero-order chi connectivity index (χ0) is 21.8. The highest BCUT2D eigenvalue weighted by atomic mass is 16.5. The summed E-state index contributed by atoms with van der Waals surface area (Å²) in [6.45, 7) is 1.97. The van der Waals surface area contributed by atoms with Crippen LogP contribution >= 0.6 is 0 Å². The molecule has 1 unspecified atom stereocenters. The average Bonchev–Trinajstić information content (AvgIpc) is 2.79. The molecule has 0 aliphatic heterocycles. The first-order valence-electron chi connectivity index (χ1n) is 9.97. The maximum absolute atomic E-state index is 12.7. The smallest absolute Gasteiger partial charge is 0.251 e. The summed E-state index contributed by atoms with van der Waals surface area (Å²) in [5.74, 6) is 0.524. The Hall–Kier alpha value is -4.12. The highest BCUT2D eigenvalue weighted by molar-refractivity contribution is 5.95. The molecule has 2 amide bonds. The van der Waals surface area contributed by atoms with Gasteiger partial charge in [-0.2, -0.15) is 0 Å². The predicted octanol–water partition coefficient (Wildman–Crippen LogP) is 5.22. The summed E-state index contributed by atoms with van der Waals surface area (Å²) in [5, 5.41) is 5.36. The summed E-state index contributed by atoms with van der Waals surface area (Å²) < 4.78 is 5.76. The van der Waals surface area contributed by atoms with E-state index in [0.29, 0.717) is 22.6 Å². The minimum absolute atomic E-state index is 0.128. The molecule has 5 nitrogen and oxygen atoms in total. The van der Waals surface area contributed by atoms with Crippen LogP contribution in [0.4, 0.5) is 0 Å². The fourth-order valence-electron chi connectivity index (χ4n) is 3.34. The number of fused-ring (bicyclic) bond motifs is 1. The summed E-state index contributed by atoms with van der Waals surface area (Å²) >= 11 is 0. The van der Waals surface area contributed by atoms with E-state index in [1.807, 2.05) is 25.1 Å². The number of hydrogen-bond donors (Lipinski definition) is 2. The molecule has 5 heteroatoms. The average molecular weight is 410 g/mol. The zero-order valence-corrected chi connectivity index (χ0v) is 17.0. The van der Waals surface area contributed by atoms with Crippen molar-refractivity contribution < 1.29 is 14.3 Å². The summed E-state index contributed by atoms with van der Waals surface area (Å²) in [5.41, 5.74) is 7.25. The Morgan fingerprint density at radius 3 is 1.97 bits per heavy atom. The first-order valence-corrected chi connectivity index (χ1v) is 9.97. The third-order valence-electron chi connectivity index (χ3n) is 5.11. The van der Waals surface area contributed by atoms with E-state index in [1.165, 1.54) is 5.39 Å². The van der Waals surface area contributed by atoms with E-state index in [1.54, 1.807) is 48.5 Å². The van der Waals surface area contributed by atoms with Crippen LogP contribution in [-0.2, 0) is 0 Å². The Kier molecular flexibility index (Phi) is 5.67. The number of hydrogen-bond acceptors (Lipinski definition) is 3. The largest absolute Gasteiger partial charge is 0.457 e. The van der Waals surface area contributed by atoms with Crippen molar-refractivity contribution in [1.82, 2.24) is 5.32 Å². The van der Waals surface area contributed by atoms with Crippen molar-refractivity contribution in [3.05, 3.63) is 108 Å². The lowest BCUT2D eigenvalue weighted by molar-refractivity contribution is 0.0938. The predicted molar refractivity (Wildman–Crippen MR) is 121 cm³/mol. The Morgan fingerprint density at radius 2 is 1.35 bits per heavy atom. The summed E-state index contributed by atoms with van der Waals surface area (Å²) in [4.78, 5) is 23.8. The third-order valence-corrected chi connectivity index (χ3v) is 5.11. The van der Waals surface area contributed by atoms with Crippen LogP contribution in [0.25, 0.3) is 10.8 Å². The van der Waals surface area contributed by atoms with E-state index >= 15 is 0 Å². The molecule has 0 saturated carbocycles. The Morgan fingerprint density at radius 1 is 0.774 bits per heavy atom. The van der Waals surface area contributed by atoms with Crippen molar-refractivity contribution in [2.24, 2.45) is 5.73 Å². The number of ether oxygens (including phenoxy) is 1. The van der Waals surface area contributed by atoms with Gasteiger partial charge in [0.1, 0.15) is 11.5 Å². The number of nitrogens with two attached hydrogens (primary N) is 1. The van der Waals surface area contributed by atoms with Crippen LogP contribution in [0, 0.1) is 0 Å². The fraction of sp³-hybridized carbons (Fsp3) is 0.0769. The second kappa shape index (κ2) is 8.71. The van der Waals surface area contributed by atoms with Gasteiger partial charge in [0.05, 0.1) is 6.04 Å². The molecule has 0 bridgehead atoms. The van der Waals surface area contributed by atoms with Crippen LogP contribution < -0.4 is 15.8 Å². The standard InChI is InChI=1S/C26H22N2O3/c1-17(21-7-6-18-4-2-3-5-22(18)16-21)28-26(30)20-10-14-24(15-11-20)31-23-12-8-19(9-13-23)25(27)29/h2-17H,1H3,(H2,27,29)(H,28,30). The number of carbonyl (C=O) groups excluding carboxylic acids is 2. The molecule has 154 valence electrons. The molecular formula is C26H22N2O3. The summed E-state index contributed by atoms with van der Waals surface area (Å²) in [7, 11) is 0. The minimum Gasteiger partial charge on any atom is -0.457 e.